The molecule has 3 N–H and O–H groups in total. The highest BCUT2D eigenvalue weighted by molar-refractivity contribution is 7.16. The highest BCUT2D eigenvalue weighted by Gasteiger charge is 2.11. The van der Waals surface area contributed by atoms with Crippen molar-refractivity contribution < 1.29 is 5.11 Å². The van der Waals surface area contributed by atoms with Crippen molar-refractivity contribution in [1.29, 1.82) is 0 Å². The van der Waals surface area contributed by atoms with Crippen LogP contribution in [0.2, 0.25) is 4.34 Å². The number of hydrogen-bond acceptors (Lipinski definition) is 4. The van der Waals surface area contributed by atoms with E-state index >= 15 is 0 Å². The lowest BCUT2D eigenvalue weighted by Crippen LogP contribution is -2.39. The summed E-state index contributed by atoms with van der Waals surface area (Å²) in [5.74, 6) is 0.653. The van der Waals surface area contributed by atoms with Gasteiger partial charge in [0.05, 0.1) is 23.6 Å². The number of aliphatic hydroxyl groups is 1. The van der Waals surface area contributed by atoms with Crippen LogP contribution in [0, 0.1) is 0 Å². The van der Waals surface area contributed by atoms with Crippen molar-refractivity contribution in [3.63, 3.8) is 0 Å². The second kappa shape index (κ2) is 10.3. The number of aromatic nitrogens is 2. The summed E-state index contributed by atoms with van der Waals surface area (Å²) >= 11 is 7.31. The van der Waals surface area contributed by atoms with E-state index in [0.29, 0.717) is 23.4 Å². The lowest BCUT2D eigenvalue weighted by atomic mass is 10.2. The van der Waals surface area contributed by atoms with Crippen LogP contribution in [-0.2, 0) is 13.1 Å². The van der Waals surface area contributed by atoms with Gasteiger partial charge in [-0.3, -0.25) is 4.68 Å². The Hall–Kier alpha value is -2.35. The standard InChI is InChI=1S/C20H24ClN5OS/c1-2-22-20(24-12-17(27)18-8-9-19(21)28-18)23-10-16-11-25-26(14-16)13-15-6-4-3-5-7-15/h3-9,11,14,17,27H,2,10,12-13H2,1H3,(H2,22,23,24). The summed E-state index contributed by atoms with van der Waals surface area (Å²) < 4.78 is 2.58. The highest BCUT2D eigenvalue weighted by atomic mass is 35.5. The fourth-order valence-electron chi connectivity index (χ4n) is 2.66. The zero-order valence-corrected chi connectivity index (χ0v) is 17.2. The molecular formula is C20H24ClN5OS. The van der Waals surface area contributed by atoms with E-state index in [-0.39, 0.29) is 0 Å². The maximum Gasteiger partial charge on any atom is 0.191 e. The molecular weight excluding hydrogens is 394 g/mol. The Bertz CT molecular complexity index is 893. The maximum absolute atomic E-state index is 10.3. The van der Waals surface area contributed by atoms with Crippen molar-refractivity contribution in [3.05, 3.63) is 75.2 Å². The first-order valence-electron chi connectivity index (χ1n) is 9.14. The number of aliphatic hydroxyl groups excluding tert-OH is 1. The Balaban J connectivity index is 1.55. The molecule has 1 unspecified atom stereocenters. The number of guanidine groups is 1. The Morgan fingerprint density at radius 1 is 1.21 bits per heavy atom. The predicted octanol–water partition coefficient (Wildman–Crippen LogP) is 3.44. The van der Waals surface area contributed by atoms with Crippen LogP contribution in [0.15, 0.2) is 59.9 Å². The molecule has 0 spiro atoms. The van der Waals surface area contributed by atoms with Crippen LogP contribution in [0.25, 0.3) is 0 Å². The van der Waals surface area contributed by atoms with Gasteiger partial charge in [0.15, 0.2) is 5.96 Å². The van der Waals surface area contributed by atoms with Gasteiger partial charge in [-0.15, -0.1) is 11.3 Å². The molecule has 0 radical (unpaired) electrons. The number of hydrogen-bond donors (Lipinski definition) is 3. The molecule has 1 aromatic carbocycles. The van der Waals surface area contributed by atoms with Gasteiger partial charge in [-0.05, 0) is 24.6 Å². The summed E-state index contributed by atoms with van der Waals surface area (Å²) in [7, 11) is 0. The molecule has 3 aromatic rings. The van der Waals surface area contributed by atoms with Crippen molar-refractivity contribution in [2.75, 3.05) is 13.1 Å². The molecule has 2 heterocycles. The van der Waals surface area contributed by atoms with E-state index in [4.69, 9.17) is 11.6 Å². The average Bonchev–Trinajstić information content (AvgIpc) is 3.33. The Morgan fingerprint density at radius 3 is 2.75 bits per heavy atom. The van der Waals surface area contributed by atoms with E-state index in [1.165, 1.54) is 16.9 Å². The number of halogens is 1. The minimum atomic E-state index is -0.630. The molecule has 148 valence electrons. The van der Waals surface area contributed by atoms with Crippen molar-refractivity contribution in [1.82, 2.24) is 20.4 Å². The zero-order valence-electron chi connectivity index (χ0n) is 15.7. The molecule has 0 saturated heterocycles. The molecule has 2 aromatic heterocycles. The third-order valence-corrected chi connectivity index (χ3v) is 5.36. The Labute approximate surface area is 173 Å². The van der Waals surface area contributed by atoms with E-state index in [2.05, 4.69) is 32.9 Å². The first kappa shape index (κ1) is 20.4. The number of aliphatic imine (C=N–C) groups is 1. The second-order valence-electron chi connectivity index (χ2n) is 6.27. The summed E-state index contributed by atoms with van der Waals surface area (Å²) in [6, 6.07) is 13.8. The first-order valence-corrected chi connectivity index (χ1v) is 10.3. The molecule has 0 aliphatic rings. The molecule has 0 amide bonds. The topological polar surface area (TPSA) is 74.5 Å². The van der Waals surface area contributed by atoms with E-state index in [1.54, 1.807) is 6.07 Å². The average molecular weight is 418 g/mol. The van der Waals surface area contributed by atoms with Crippen LogP contribution in [-0.4, -0.2) is 33.9 Å². The molecule has 1 atom stereocenters. The van der Waals surface area contributed by atoms with Crippen LogP contribution >= 0.6 is 22.9 Å². The zero-order chi connectivity index (χ0) is 19.8. The summed E-state index contributed by atoms with van der Waals surface area (Å²) in [5.41, 5.74) is 2.23. The SMILES string of the molecule is CCNC(=NCc1cnn(Cc2ccccc2)c1)NCC(O)c1ccc(Cl)s1. The molecule has 0 bridgehead atoms. The van der Waals surface area contributed by atoms with Crippen molar-refractivity contribution in [2.45, 2.75) is 26.1 Å². The van der Waals surface area contributed by atoms with Gasteiger partial charge in [0.2, 0.25) is 0 Å². The van der Waals surface area contributed by atoms with Crippen LogP contribution in [0.4, 0.5) is 0 Å². The fourth-order valence-corrected chi connectivity index (χ4v) is 3.71. The summed E-state index contributed by atoms with van der Waals surface area (Å²) in [6.45, 7) is 4.34. The van der Waals surface area contributed by atoms with Gasteiger partial charge in [-0.1, -0.05) is 41.9 Å². The van der Waals surface area contributed by atoms with E-state index < -0.39 is 6.10 Å². The van der Waals surface area contributed by atoms with Gasteiger partial charge in [-0.2, -0.15) is 5.10 Å². The van der Waals surface area contributed by atoms with Crippen molar-refractivity contribution in [2.24, 2.45) is 4.99 Å². The van der Waals surface area contributed by atoms with Gasteiger partial charge in [0.25, 0.3) is 0 Å². The second-order valence-corrected chi connectivity index (χ2v) is 8.01. The summed E-state index contributed by atoms with van der Waals surface area (Å²) in [4.78, 5) is 5.41. The minimum Gasteiger partial charge on any atom is -0.386 e. The van der Waals surface area contributed by atoms with E-state index in [0.717, 1.165) is 23.5 Å². The lowest BCUT2D eigenvalue weighted by Gasteiger charge is -2.14. The molecule has 0 fully saturated rings. The van der Waals surface area contributed by atoms with E-state index in [1.807, 2.05) is 48.3 Å². The van der Waals surface area contributed by atoms with Crippen molar-refractivity contribution in [3.8, 4) is 0 Å². The minimum absolute atomic E-state index is 0.357. The number of benzene rings is 1. The van der Waals surface area contributed by atoms with Crippen LogP contribution in [0.3, 0.4) is 0 Å². The molecule has 0 aliphatic heterocycles. The van der Waals surface area contributed by atoms with E-state index in [9.17, 15) is 5.11 Å². The number of rotatable bonds is 8. The maximum atomic E-state index is 10.3. The fraction of sp³-hybridized carbons (Fsp3) is 0.300. The third kappa shape index (κ3) is 6.09. The number of thiophene rings is 1. The largest absolute Gasteiger partial charge is 0.386 e. The number of nitrogens with zero attached hydrogens (tertiary/aromatic N) is 3. The van der Waals surface area contributed by atoms with Gasteiger partial charge in [0, 0.05) is 29.7 Å². The van der Waals surface area contributed by atoms with Gasteiger partial charge in [0.1, 0.15) is 6.10 Å². The normalized spacial score (nSPS) is 12.8. The Morgan fingerprint density at radius 2 is 2.04 bits per heavy atom. The van der Waals surface area contributed by atoms with Gasteiger partial charge in [-0.25, -0.2) is 4.99 Å². The monoisotopic (exact) mass is 417 g/mol. The molecule has 3 rings (SSSR count). The smallest absolute Gasteiger partial charge is 0.191 e. The van der Waals surface area contributed by atoms with Gasteiger partial charge >= 0.3 is 0 Å². The first-order chi connectivity index (χ1) is 13.6. The Kier molecular flexibility index (Phi) is 7.47. The lowest BCUT2D eigenvalue weighted by molar-refractivity contribution is 0.184. The van der Waals surface area contributed by atoms with Crippen LogP contribution < -0.4 is 10.6 Å². The molecule has 8 heteroatoms. The third-order valence-electron chi connectivity index (χ3n) is 4.02. The molecule has 0 aliphatic carbocycles. The van der Waals surface area contributed by atoms with Crippen LogP contribution in [0.5, 0.6) is 0 Å². The highest BCUT2D eigenvalue weighted by Crippen LogP contribution is 2.26. The summed E-state index contributed by atoms with van der Waals surface area (Å²) in [6.07, 6.45) is 3.20. The van der Waals surface area contributed by atoms with Crippen molar-refractivity contribution >= 4 is 28.9 Å². The molecule has 6 nitrogen and oxygen atoms in total. The van der Waals surface area contributed by atoms with Crippen LogP contribution in [0.1, 0.15) is 29.0 Å². The molecule has 28 heavy (non-hydrogen) atoms. The number of nitrogens with one attached hydrogen (secondary N) is 2. The quantitative estimate of drug-likeness (QED) is 0.387. The summed E-state index contributed by atoms with van der Waals surface area (Å²) in [5, 5.41) is 21.0. The predicted molar refractivity (Wildman–Crippen MR) is 115 cm³/mol. The molecule has 0 saturated carbocycles. The van der Waals surface area contributed by atoms with Gasteiger partial charge < -0.3 is 15.7 Å².